The minimum atomic E-state index is -3.76. The summed E-state index contributed by atoms with van der Waals surface area (Å²) in [5, 5.41) is 13.9. The monoisotopic (exact) mass is 396 g/mol. The molecule has 2 rings (SSSR count). The number of amides is 2. The highest BCUT2D eigenvalue weighted by atomic mass is 32.2. The highest BCUT2D eigenvalue weighted by Crippen LogP contribution is 2.28. The highest BCUT2D eigenvalue weighted by molar-refractivity contribution is 7.89. The van der Waals surface area contributed by atoms with E-state index in [4.69, 9.17) is 5.14 Å². The molecule has 9 heteroatoms. The van der Waals surface area contributed by atoms with E-state index in [0.29, 0.717) is 5.56 Å². The van der Waals surface area contributed by atoms with Gasteiger partial charge in [-0.15, -0.1) is 0 Å². The van der Waals surface area contributed by atoms with Gasteiger partial charge in [0.2, 0.25) is 10.0 Å². The van der Waals surface area contributed by atoms with Gasteiger partial charge in [0.1, 0.15) is 0 Å². The van der Waals surface area contributed by atoms with Crippen molar-refractivity contribution >= 4 is 21.8 Å². The number of sulfonamides is 1. The average molecular weight is 397 g/mol. The van der Waals surface area contributed by atoms with Crippen LogP contribution in [-0.2, 0) is 26.2 Å². The molecule has 8 nitrogen and oxygen atoms in total. The number of hydrogen-bond acceptors (Lipinski definition) is 5. The Bertz CT molecular complexity index is 800. The van der Waals surface area contributed by atoms with Crippen LogP contribution < -0.4 is 21.1 Å². The van der Waals surface area contributed by atoms with E-state index >= 15 is 0 Å². The first-order chi connectivity index (χ1) is 12.3. The molecule has 0 unspecified atom stereocenters. The Morgan fingerprint density at radius 2 is 1.59 bits per heavy atom. The number of hydrogen-bond donors (Lipinski definition) is 4. The molecule has 0 aromatic heterocycles. The van der Waals surface area contributed by atoms with Crippen molar-refractivity contribution in [3.05, 3.63) is 29.8 Å². The van der Waals surface area contributed by atoms with Gasteiger partial charge in [0.05, 0.1) is 4.90 Å². The zero-order valence-corrected chi connectivity index (χ0v) is 16.9. The van der Waals surface area contributed by atoms with Crippen LogP contribution in [0.25, 0.3) is 0 Å². The Labute approximate surface area is 160 Å². The fourth-order valence-electron chi connectivity index (χ4n) is 3.73. The third-order valence-electron chi connectivity index (χ3n) is 4.44. The molecular weight excluding hydrogens is 368 g/mol. The standard InChI is InChI=1S/C18H28N4O4S/c1-17(2)9-13(10-18(3,4)22-17)21-16(24)15(23)20-11-12-5-7-14(8-6-12)27(19,25)26/h5-8,13,22H,9-11H2,1-4H3,(H,20,23)(H,21,24)(H2,19,25,26). The molecule has 1 aliphatic rings. The lowest BCUT2D eigenvalue weighted by Gasteiger charge is -2.46. The molecule has 0 atom stereocenters. The number of nitrogens with two attached hydrogens (primary N) is 1. The SMILES string of the molecule is CC1(C)CC(NC(=O)C(=O)NCc2ccc(S(N)(=O)=O)cc2)CC(C)(C)N1. The first-order valence-corrected chi connectivity index (χ1v) is 10.3. The van der Waals surface area contributed by atoms with Gasteiger partial charge >= 0.3 is 11.8 Å². The number of piperidine rings is 1. The van der Waals surface area contributed by atoms with Crippen molar-refractivity contribution in [2.24, 2.45) is 5.14 Å². The van der Waals surface area contributed by atoms with E-state index in [9.17, 15) is 18.0 Å². The minimum Gasteiger partial charge on any atom is -0.345 e. The van der Waals surface area contributed by atoms with Crippen LogP contribution in [-0.4, -0.2) is 37.4 Å². The molecule has 0 bridgehead atoms. The maximum Gasteiger partial charge on any atom is 0.309 e. The Morgan fingerprint density at radius 3 is 2.07 bits per heavy atom. The summed E-state index contributed by atoms with van der Waals surface area (Å²) < 4.78 is 22.5. The Morgan fingerprint density at radius 1 is 1.07 bits per heavy atom. The van der Waals surface area contributed by atoms with E-state index in [1.165, 1.54) is 24.3 Å². The zero-order chi connectivity index (χ0) is 20.5. The summed E-state index contributed by atoms with van der Waals surface area (Å²) in [5.41, 5.74) is 0.385. The molecule has 1 saturated heterocycles. The molecule has 27 heavy (non-hydrogen) atoms. The smallest absolute Gasteiger partial charge is 0.309 e. The van der Waals surface area contributed by atoms with Crippen LogP contribution in [0.2, 0.25) is 0 Å². The predicted octanol–water partition coefficient (Wildman–Crippen LogP) is 0.376. The van der Waals surface area contributed by atoms with Crippen LogP contribution >= 0.6 is 0 Å². The van der Waals surface area contributed by atoms with Crippen molar-refractivity contribution < 1.29 is 18.0 Å². The second-order valence-electron chi connectivity index (χ2n) is 8.34. The van der Waals surface area contributed by atoms with Crippen LogP contribution in [0.5, 0.6) is 0 Å². The van der Waals surface area contributed by atoms with Crippen LogP contribution in [0.3, 0.4) is 0 Å². The molecule has 2 amide bonds. The van der Waals surface area contributed by atoms with Gasteiger partial charge in [-0.1, -0.05) is 12.1 Å². The van der Waals surface area contributed by atoms with Crippen LogP contribution in [0.1, 0.15) is 46.1 Å². The van der Waals surface area contributed by atoms with Gasteiger partial charge < -0.3 is 16.0 Å². The number of carbonyl (C=O) groups is 2. The number of rotatable bonds is 4. The van der Waals surface area contributed by atoms with Crippen LogP contribution in [0, 0.1) is 0 Å². The lowest BCUT2D eigenvalue weighted by atomic mass is 9.79. The Hall–Kier alpha value is -1.97. The van der Waals surface area contributed by atoms with Crippen LogP contribution in [0.4, 0.5) is 0 Å². The van der Waals surface area contributed by atoms with Crippen molar-refractivity contribution in [1.29, 1.82) is 0 Å². The topological polar surface area (TPSA) is 130 Å². The molecule has 150 valence electrons. The summed E-state index contributed by atoms with van der Waals surface area (Å²) in [6.07, 6.45) is 1.45. The van der Waals surface area contributed by atoms with Crippen molar-refractivity contribution in [2.75, 3.05) is 0 Å². The zero-order valence-electron chi connectivity index (χ0n) is 16.1. The van der Waals surface area contributed by atoms with Crippen LogP contribution in [0.15, 0.2) is 29.2 Å². The predicted molar refractivity (Wildman–Crippen MR) is 102 cm³/mol. The van der Waals surface area contributed by atoms with E-state index in [1.54, 1.807) is 0 Å². The van der Waals surface area contributed by atoms with E-state index < -0.39 is 21.8 Å². The number of primary sulfonamides is 1. The minimum absolute atomic E-state index is 0.00791. The van der Waals surface area contributed by atoms with Gasteiger partial charge in [-0.2, -0.15) is 0 Å². The molecule has 5 N–H and O–H groups in total. The molecule has 0 radical (unpaired) electrons. The Balaban J connectivity index is 1.89. The summed E-state index contributed by atoms with van der Waals surface area (Å²) in [5.74, 6) is -1.39. The van der Waals surface area contributed by atoms with Gasteiger partial charge in [-0.25, -0.2) is 13.6 Å². The summed E-state index contributed by atoms with van der Waals surface area (Å²) in [6, 6.07) is 5.70. The Kier molecular flexibility index (Phi) is 5.98. The van der Waals surface area contributed by atoms with Crippen molar-refractivity contribution in [2.45, 2.75) is 69.1 Å². The first-order valence-electron chi connectivity index (χ1n) is 8.77. The van der Waals surface area contributed by atoms with E-state index in [0.717, 1.165) is 12.8 Å². The summed E-state index contributed by atoms with van der Waals surface area (Å²) in [4.78, 5) is 24.3. The second-order valence-corrected chi connectivity index (χ2v) is 9.90. The highest BCUT2D eigenvalue weighted by Gasteiger charge is 2.38. The van der Waals surface area contributed by atoms with E-state index in [2.05, 4.69) is 43.6 Å². The number of nitrogens with one attached hydrogen (secondary N) is 3. The molecule has 1 fully saturated rings. The van der Waals surface area contributed by atoms with Gasteiger partial charge in [0.15, 0.2) is 0 Å². The first kappa shape index (κ1) is 21.3. The quantitative estimate of drug-likeness (QED) is 0.547. The summed E-state index contributed by atoms with van der Waals surface area (Å²) in [6.45, 7) is 8.38. The van der Waals surface area contributed by atoms with E-state index in [1.807, 2.05) is 0 Å². The van der Waals surface area contributed by atoms with Gasteiger partial charge in [0, 0.05) is 23.7 Å². The van der Waals surface area contributed by atoms with Gasteiger partial charge in [0.25, 0.3) is 0 Å². The normalized spacial score (nSPS) is 19.3. The third kappa shape index (κ3) is 6.30. The molecule has 1 heterocycles. The number of carbonyl (C=O) groups excluding carboxylic acids is 2. The fraction of sp³-hybridized carbons (Fsp3) is 0.556. The number of benzene rings is 1. The van der Waals surface area contributed by atoms with Crippen molar-refractivity contribution in [3.8, 4) is 0 Å². The largest absolute Gasteiger partial charge is 0.345 e. The lowest BCUT2D eigenvalue weighted by molar-refractivity contribution is -0.140. The van der Waals surface area contributed by atoms with Gasteiger partial charge in [-0.05, 0) is 58.2 Å². The second kappa shape index (κ2) is 7.57. The molecule has 1 aromatic rings. The fourth-order valence-corrected chi connectivity index (χ4v) is 4.25. The third-order valence-corrected chi connectivity index (χ3v) is 5.37. The molecule has 1 aromatic carbocycles. The summed E-state index contributed by atoms with van der Waals surface area (Å²) >= 11 is 0. The molecular formula is C18H28N4O4S. The maximum absolute atomic E-state index is 12.2. The summed E-state index contributed by atoms with van der Waals surface area (Å²) in [7, 11) is -3.76. The average Bonchev–Trinajstić information content (AvgIpc) is 2.48. The molecule has 0 saturated carbocycles. The molecule has 1 aliphatic heterocycles. The lowest BCUT2D eigenvalue weighted by Crippen LogP contribution is -2.62. The van der Waals surface area contributed by atoms with Crippen molar-refractivity contribution in [1.82, 2.24) is 16.0 Å². The van der Waals surface area contributed by atoms with Gasteiger partial charge in [-0.3, -0.25) is 9.59 Å². The molecule has 0 aliphatic carbocycles. The van der Waals surface area contributed by atoms with Crippen molar-refractivity contribution in [3.63, 3.8) is 0 Å². The maximum atomic E-state index is 12.2. The molecule has 0 spiro atoms. The van der Waals surface area contributed by atoms with E-state index in [-0.39, 0.29) is 28.6 Å².